The molecule has 0 bridgehead atoms. The van der Waals surface area contributed by atoms with Crippen LogP contribution in [-0.2, 0) is 13.1 Å². The van der Waals surface area contributed by atoms with Crippen LogP contribution >= 0.6 is 11.3 Å². The third-order valence-electron chi connectivity index (χ3n) is 4.53. The molecule has 2 aromatic heterocycles. The van der Waals surface area contributed by atoms with Crippen LogP contribution in [0.15, 0.2) is 43.0 Å². The second-order valence-electron chi connectivity index (χ2n) is 6.56. The molecule has 0 aliphatic carbocycles. The highest BCUT2D eigenvalue weighted by atomic mass is 32.1. The fraction of sp³-hybridized carbons (Fsp3) is 0.400. The first-order valence-electron chi connectivity index (χ1n) is 8.84. The highest BCUT2D eigenvalue weighted by Crippen LogP contribution is 2.27. The largest absolute Gasteiger partial charge is 0.492 e. The molecule has 0 aliphatic rings. The van der Waals surface area contributed by atoms with Crippen molar-refractivity contribution in [2.45, 2.75) is 39.9 Å². The van der Waals surface area contributed by atoms with Gasteiger partial charge in [-0.3, -0.25) is 4.90 Å². The van der Waals surface area contributed by atoms with Crippen molar-refractivity contribution >= 4 is 11.3 Å². The van der Waals surface area contributed by atoms with Crippen LogP contribution in [0.4, 0.5) is 0 Å². The minimum atomic E-state index is 0.297. The lowest BCUT2D eigenvalue weighted by molar-refractivity contribution is 0.248. The van der Waals surface area contributed by atoms with E-state index in [2.05, 4.69) is 49.8 Å². The molecule has 138 valence electrons. The van der Waals surface area contributed by atoms with E-state index >= 15 is 0 Å². The van der Waals surface area contributed by atoms with Crippen LogP contribution in [0.1, 0.15) is 34.1 Å². The van der Waals surface area contributed by atoms with Gasteiger partial charge in [-0.25, -0.2) is 9.97 Å². The van der Waals surface area contributed by atoms with E-state index in [0.29, 0.717) is 12.6 Å². The van der Waals surface area contributed by atoms with Crippen molar-refractivity contribution in [2.75, 3.05) is 13.7 Å². The van der Waals surface area contributed by atoms with Crippen molar-refractivity contribution in [3.8, 4) is 5.75 Å². The maximum atomic E-state index is 5.80. The van der Waals surface area contributed by atoms with Crippen LogP contribution in [-0.4, -0.2) is 33.1 Å². The number of nitrogens with zero attached hydrogens (tertiary/aromatic N) is 4. The summed E-state index contributed by atoms with van der Waals surface area (Å²) in [6, 6.07) is 8.65. The number of hydrogen-bond acceptors (Lipinski definition) is 5. The van der Waals surface area contributed by atoms with E-state index in [1.54, 1.807) is 23.9 Å². The van der Waals surface area contributed by atoms with E-state index in [-0.39, 0.29) is 0 Å². The molecule has 6 heteroatoms. The van der Waals surface area contributed by atoms with Gasteiger partial charge in [0.1, 0.15) is 12.4 Å². The molecule has 0 radical (unpaired) electrons. The molecule has 2 heterocycles. The summed E-state index contributed by atoms with van der Waals surface area (Å²) in [7, 11) is 2.15. The van der Waals surface area contributed by atoms with Gasteiger partial charge in [-0.15, -0.1) is 11.3 Å². The van der Waals surface area contributed by atoms with E-state index < -0.39 is 0 Å². The smallest absolute Gasteiger partial charge is 0.119 e. The Morgan fingerprint density at radius 2 is 2.00 bits per heavy atom. The highest BCUT2D eigenvalue weighted by molar-refractivity contribution is 7.11. The summed E-state index contributed by atoms with van der Waals surface area (Å²) in [5, 5.41) is 1.13. The van der Waals surface area contributed by atoms with Crippen molar-refractivity contribution in [1.29, 1.82) is 0 Å². The molecule has 3 rings (SSSR count). The molecule has 0 amide bonds. The summed E-state index contributed by atoms with van der Waals surface area (Å²) in [6.07, 6.45) is 5.52. The van der Waals surface area contributed by atoms with Gasteiger partial charge in [0.05, 0.1) is 29.6 Å². The second-order valence-corrected chi connectivity index (χ2v) is 7.97. The molecule has 0 N–H and O–H groups in total. The molecule has 0 spiro atoms. The van der Waals surface area contributed by atoms with E-state index in [4.69, 9.17) is 9.72 Å². The number of ether oxygens (including phenoxy) is 1. The number of benzene rings is 1. The zero-order chi connectivity index (χ0) is 18.5. The molecule has 3 aromatic rings. The summed E-state index contributed by atoms with van der Waals surface area (Å²) >= 11 is 1.77. The van der Waals surface area contributed by atoms with Gasteiger partial charge in [0.25, 0.3) is 0 Å². The quantitative estimate of drug-likeness (QED) is 0.595. The van der Waals surface area contributed by atoms with Crippen LogP contribution in [0.2, 0.25) is 0 Å². The Labute approximate surface area is 159 Å². The second kappa shape index (κ2) is 8.47. The summed E-state index contributed by atoms with van der Waals surface area (Å²) in [5.41, 5.74) is 2.46. The fourth-order valence-corrected chi connectivity index (χ4v) is 3.85. The van der Waals surface area contributed by atoms with Crippen LogP contribution in [0, 0.1) is 13.8 Å². The van der Waals surface area contributed by atoms with E-state index in [9.17, 15) is 0 Å². The zero-order valence-electron chi connectivity index (χ0n) is 15.8. The van der Waals surface area contributed by atoms with Crippen LogP contribution in [0.3, 0.4) is 0 Å². The van der Waals surface area contributed by atoms with Crippen LogP contribution < -0.4 is 4.74 Å². The standard InChI is InChI=1S/C20H26N4OS/c1-15(20-16(2)26-17(3)22-20)23(4)13-18-5-7-19(8-6-18)25-12-11-24-10-9-21-14-24/h5-10,14-15H,11-13H2,1-4H3/t15-/m0/s1. The molecular weight excluding hydrogens is 344 g/mol. The Morgan fingerprint density at radius 3 is 2.62 bits per heavy atom. The molecule has 0 saturated carbocycles. The minimum Gasteiger partial charge on any atom is -0.492 e. The molecule has 26 heavy (non-hydrogen) atoms. The van der Waals surface area contributed by atoms with E-state index in [1.165, 1.54) is 16.1 Å². The SMILES string of the molecule is Cc1nc([C@H](C)N(C)Cc2ccc(OCCn3ccnc3)cc2)c(C)s1. The first-order valence-corrected chi connectivity index (χ1v) is 9.66. The number of thiazole rings is 1. The van der Waals surface area contributed by atoms with Gasteiger partial charge in [0.15, 0.2) is 0 Å². The number of aromatic nitrogens is 3. The lowest BCUT2D eigenvalue weighted by Crippen LogP contribution is -2.22. The van der Waals surface area contributed by atoms with Crippen molar-refractivity contribution in [3.05, 3.63) is 64.1 Å². The highest BCUT2D eigenvalue weighted by Gasteiger charge is 2.17. The van der Waals surface area contributed by atoms with Gasteiger partial charge in [-0.2, -0.15) is 0 Å². The predicted octanol–water partition coefficient (Wildman–Crippen LogP) is 4.23. The zero-order valence-corrected chi connectivity index (χ0v) is 16.7. The average Bonchev–Trinajstić information content (AvgIpc) is 3.25. The molecule has 1 aromatic carbocycles. The molecule has 0 saturated heterocycles. The fourth-order valence-electron chi connectivity index (χ4n) is 2.95. The number of rotatable bonds is 8. The Morgan fingerprint density at radius 1 is 1.23 bits per heavy atom. The van der Waals surface area contributed by atoms with Crippen LogP contribution in [0.5, 0.6) is 5.75 Å². The molecule has 0 unspecified atom stereocenters. The third kappa shape index (κ3) is 4.71. The topological polar surface area (TPSA) is 43.2 Å². The lowest BCUT2D eigenvalue weighted by Gasteiger charge is -2.24. The van der Waals surface area contributed by atoms with Crippen molar-refractivity contribution < 1.29 is 4.74 Å². The van der Waals surface area contributed by atoms with Gasteiger partial charge in [0.2, 0.25) is 0 Å². The third-order valence-corrected chi connectivity index (χ3v) is 5.43. The maximum absolute atomic E-state index is 5.80. The molecule has 1 atom stereocenters. The summed E-state index contributed by atoms with van der Waals surface area (Å²) < 4.78 is 7.81. The van der Waals surface area contributed by atoms with Crippen molar-refractivity contribution in [2.24, 2.45) is 0 Å². The predicted molar refractivity (Wildman–Crippen MR) is 106 cm³/mol. The monoisotopic (exact) mass is 370 g/mol. The lowest BCUT2D eigenvalue weighted by atomic mass is 10.1. The Kier molecular flexibility index (Phi) is 6.06. The first kappa shape index (κ1) is 18.6. The summed E-state index contributed by atoms with van der Waals surface area (Å²) in [4.78, 5) is 12.4. The number of hydrogen-bond donors (Lipinski definition) is 0. The molecule has 5 nitrogen and oxygen atoms in total. The average molecular weight is 371 g/mol. The van der Waals surface area contributed by atoms with Gasteiger partial charge >= 0.3 is 0 Å². The molecule has 0 fully saturated rings. The van der Waals surface area contributed by atoms with Gasteiger partial charge in [-0.1, -0.05) is 12.1 Å². The summed E-state index contributed by atoms with van der Waals surface area (Å²) in [5.74, 6) is 0.899. The van der Waals surface area contributed by atoms with Gasteiger partial charge in [0, 0.05) is 23.8 Å². The Balaban J connectivity index is 1.52. The summed E-state index contributed by atoms with van der Waals surface area (Å²) in [6.45, 7) is 8.75. The Hall–Kier alpha value is -2.18. The molecular formula is C20H26N4OS. The van der Waals surface area contributed by atoms with Gasteiger partial charge < -0.3 is 9.30 Å². The minimum absolute atomic E-state index is 0.297. The van der Waals surface area contributed by atoms with Crippen molar-refractivity contribution in [1.82, 2.24) is 19.4 Å². The van der Waals surface area contributed by atoms with E-state index in [0.717, 1.165) is 23.8 Å². The van der Waals surface area contributed by atoms with Crippen LogP contribution in [0.25, 0.3) is 0 Å². The molecule has 0 aliphatic heterocycles. The Bertz CT molecular complexity index is 811. The number of imidazole rings is 1. The van der Waals surface area contributed by atoms with Gasteiger partial charge in [-0.05, 0) is 45.5 Å². The van der Waals surface area contributed by atoms with Crippen molar-refractivity contribution in [3.63, 3.8) is 0 Å². The first-order chi connectivity index (χ1) is 12.5. The maximum Gasteiger partial charge on any atom is 0.119 e. The van der Waals surface area contributed by atoms with E-state index in [1.807, 2.05) is 22.9 Å². The normalized spacial score (nSPS) is 12.5. The number of aryl methyl sites for hydroxylation is 2.